The number of aromatic amines is 1. The van der Waals surface area contributed by atoms with Gasteiger partial charge in [0, 0.05) is 60.4 Å². The van der Waals surface area contributed by atoms with Crippen LogP contribution in [-0.2, 0) is 6.42 Å². The summed E-state index contributed by atoms with van der Waals surface area (Å²) < 4.78 is 0. The van der Waals surface area contributed by atoms with Crippen molar-refractivity contribution in [3.63, 3.8) is 0 Å². The van der Waals surface area contributed by atoms with E-state index in [2.05, 4.69) is 38.4 Å². The van der Waals surface area contributed by atoms with Crippen molar-refractivity contribution in [3.8, 4) is 6.07 Å². The zero-order valence-electron chi connectivity index (χ0n) is 17.0. The third-order valence-electron chi connectivity index (χ3n) is 6.70. The molecule has 6 nitrogen and oxygen atoms in total. The van der Waals surface area contributed by atoms with Crippen molar-refractivity contribution in [1.29, 1.82) is 5.26 Å². The maximum absolute atomic E-state index is 11.3. The molecule has 0 radical (unpaired) electrons. The Labute approximate surface area is 176 Å². The fourth-order valence-electron chi connectivity index (χ4n) is 5.43. The number of rotatable bonds is 6. The Balaban J connectivity index is 1.31. The molecule has 2 fully saturated rings. The van der Waals surface area contributed by atoms with Crippen LogP contribution in [0.1, 0.15) is 37.1 Å². The molecule has 3 heterocycles. The fourth-order valence-corrected chi connectivity index (χ4v) is 5.43. The molecule has 6 heteroatoms. The van der Waals surface area contributed by atoms with E-state index < -0.39 is 5.60 Å². The van der Waals surface area contributed by atoms with Gasteiger partial charge in [0.25, 0.3) is 0 Å². The Kier molecular flexibility index (Phi) is 4.93. The highest BCUT2D eigenvalue weighted by Gasteiger charge is 2.47. The van der Waals surface area contributed by atoms with Gasteiger partial charge in [-0.15, -0.1) is 0 Å². The average molecular weight is 402 g/mol. The number of aliphatic hydroxyl groups is 1. The first-order valence-corrected chi connectivity index (χ1v) is 10.8. The van der Waals surface area contributed by atoms with E-state index in [0.29, 0.717) is 18.6 Å². The normalized spacial score (nSPS) is 25.5. The summed E-state index contributed by atoms with van der Waals surface area (Å²) >= 11 is 0. The molecule has 2 aromatic carbocycles. The molecule has 3 aromatic rings. The number of nitrogens with zero attached hydrogens (tertiary/aromatic N) is 3. The van der Waals surface area contributed by atoms with E-state index in [0.717, 1.165) is 60.8 Å². The first-order valence-electron chi connectivity index (χ1n) is 10.8. The van der Waals surface area contributed by atoms with Gasteiger partial charge in [0.1, 0.15) is 5.82 Å². The van der Waals surface area contributed by atoms with E-state index in [4.69, 9.17) is 0 Å². The van der Waals surface area contributed by atoms with E-state index in [1.165, 1.54) is 5.69 Å². The van der Waals surface area contributed by atoms with Crippen LogP contribution in [-0.4, -0.2) is 45.8 Å². The third-order valence-corrected chi connectivity index (χ3v) is 6.70. The Morgan fingerprint density at radius 2 is 1.93 bits per heavy atom. The van der Waals surface area contributed by atoms with E-state index in [1.807, 2.05) is 30.5 Å². The molecule has 0 aliphatic carbocycles. The van der Waals surface area contributed by atoms with Crippen molar-refractivity contribution in [3.05, 3.63) is 60.2 Å². The summed E-state index contributed by atoms with van der Waals surface area (Å²) in [6, 6.07) is 15.2. The minimum atomic E-state index is -0.673. The third kappa shape index (κ3) is 3.45. The largest absolute Gasteiger partial charge is 0.388 e. The highest BCUT2D eigenvalue weighted by molar-refractivity contribution is 5.98. The number of anilines is 1. The smallest absolute Gasteiger partial charge is 0.107 e. The van der Waals surface area contributed by atoms with Crippen LogP contribution in [0, 0.1) is 11.3 Å². The molecule has 3 N–H and O–H groups in total. The van der Waals surface area contributed by atoms with E-state index in [-0.39, 0.29) is 0 Å². The summed E-state index contributed by atoms with van der Waals surface area (Å²) in [4.78, 5) is 9.88. The molecule has 2 aliphatic rings. The molecule has 0 saturated carbocycles. The number of piperidine rings is 1. The molecular weight excluding hydrogens is 374 g/mol. The highest BCUT2D eigenvalue weighted by Crippen LogP contribution is 2.45. The lowest BCUT2D eigenvalue weighted by Crippen LogP contribution is -2.55. The van der Waals surface area contributed by atoms with Crippen molar-refractivity contribution >= 4 is 16.5 Å². The number of hydrogen-bond acceptors (Lipinski definition) is 5. The second kappa shape index (κ2) is 7.75. The van der Waals surface area contributed by atoms with Crippen molar-refractivity contribution in [1.82, 2.24) is 15.3 Å². The van der Waals surface area contributed by atoms with Crippen molar-refractivity contribution in [2.75, 3.05) is 18.0 Å². The van der Waals surface area contributed by atoms with Crippen LogP contribution in [0.2, 0.25) is 0 Å². The van der Waals surface area contributed by atoms with Gasteiger partial charge in [-0.25, -0.2) is 4.98 Å². The lowest BCUT2D eigenvalue weighted by atomic mass is 9.85. The van der Waals surface area contributed by atoms with Crippen LogP contribution in [0.25, 0.3) is 10.8 Å². The number of imidazole rings is 1. The van der Waals surface area contributed by atoms with Gasteiger partial charge >= 0.3 is 0 Å². The van der Waals surface area contributed by atoms with Crippen LogP contribution in [0.15, 0.2) is 48.8 Å². The molecule has 2 unspecified atom stereocenters. The molecule has 1 aromatic heterocycles. The summed E-state index contributed by atoms with van der Waals surface area (Å²) in [5.41, 5.74) is 1.24. The zero-order chi connectivity index (χ0) is 20.6. The van der Waals surface area contributed by atoms with Crippen LogP contribution >= 0.6 is 0 Å². The number of fused-ring (bicyclic) bond motifs is 3. The SMILES string of the molecule is N#Cc1ccc(N2C3CCC2CC(O)(CNCCc2ncc[nH]2)C3)c2ccccc12. The Hall–Kier alpha value is -2.88. The van der Waals surface area contributed by atoms with Gasteiger partial charge in [0.2, 0.25) is 0 Å². The number of H-pyrrole nitrogens is 1. The topological polar surface area (TPSA) is 88.0 Å². The molecule has 2 bridgehead atoms. The second-order valence-electron chi connectivity index (χ2n) is 8.68. The molecule has 2 aliphatic heterocycles. The molecule has 2 saturated heterocycles. The van der Waals surface area contributed by atoms with Gasteiger partial charge in [-0.2, -0.15) is 5.26 Å². The second-order valence-corrected chi connectivity index (χ2v) is 8.68. The summed E-state index contributed by atoms with van der Waals surface area (Å²) in [7, 11) is 0. The first kappa shape index (κ1) is 19.1. The van der Waals surface area contributed by atoms with Gasteiger partial charge in [0.15, 0.2) is 0 Å². The van der Waals surface area contributed by atoms with Gasteiger partial charge in [-0.3, -0.25) is 0 Å². The summed E-state index contributed by atoms with van der Waals surface area (Å²) in [6.45, 7) is 1.41. The van der Waals surface area contributed by atoms with Crippen LogP contribution in [0.5, 0.6) is 0 Å². The van der Waals surface area contributed by atoms with Gasteiger partial charge in [0.05, 0.1) is 17.2 Å². The quantitative estimate of drug-likeness (QED) is 0.553. The van der Waals surface area contributed by atoms with Crippen molar-refractivity contribution in [2.45, 2.75) is 49.8 Å². The minimum Gasteiger partial charge on any atom is -0.388 e. The number of nitrogens with one attached hydrogen (secondary N) is 2. The number of hydrogen-bond donors (Lipinski definition) is 3. The molecule has 154 valence electrons. The monoisotopic (exact) mass is 401 g/mol. The maximum Gasteiger partial charge on any atom is 0.107 e. The molecule has 2 atom stereocenters. The molecule has 0 amide bonds. The van der Waals surface area contributed by atoms with E-state index in [1.54, 1.807) is 6.20 Å². The minimum absolute atomic E-state index is 0.331. The number of benzene rings is 2. The van der Waals surface area contributed by atoms with Crippen LogP contribution in [0.4, 0.5) is 5.69 Å². The predicted molar refractivity (Wildman–Crippen MR) is 117 cm³/mol. The zero-order valence-corrected chi connectivity index (χ0v) is 17.0. The fraction of sp³-hybridized carbons (Fsp3) is 0.417. The average Bonchev–Trinajstić information content (AvgIpc) is 3.37. The Bertz CT molecular complexity index is 1060. The molecule has 30 heavy (non-hydrogen) atoms. The predicted octanol–water partition coefficient (Wildman–Crippen LogP) is 3.13. The van der Waals surface area contributed by atoms with Crippen molar-refractivity contribution in [2.24, 2.45) is 0 Å². The highest BCUT2D eigenvalue weighted by atomic mass is 16.3. The Morgan fingerprint density at radius 1 is 1.17 bits per heavy atom. The van der Waals surface area contributed by atoms with Gasteiger partial charge in [-0.1, -0.05) is 24.3 Å². The molecule has 0 spiro atoms. The number of aromatic nitrogens is 2. The maximum atomic E-state index is 11.3. The molecule has 5 rings (SSSR count). The summed E-state index contributed by atoms with van der Waals surface area (Å²) in [5, 5.41) is 26.4. The lowest BCUT2D eigenvalue weighted by Gasteiger charge is -2.45. The molecular formula is C24H27N5O. The summed E-state index contributed by atoms with van der Waals surface area (Å²) in [6.07, 6.45) is 8.18. The van der Waals surface area contributed by atoms with Crippen LogP contribution in [0.3, 0.4) is 0 Å². The van der Waals surface area contributed by atoms with Gasteiger partial charge in [-0.05, 0) is 37.8 Å². The van der Waals surface area contributed by atoms with E-state index in [9.17, 15) is 10.4 Å². The van der Waals surface area contributed by atoms with Crippen LogP contribution < -0.4 is 10.2 Å². The summed E-state index contributed by atoms with van der Waals surface area (Å²) in [5.74, 6) is 0.970. The number of nitriles is 1. The lowest BCUT2D eigenvalue weighted by molar-refractivity contribution is 0.00288. The Morgan fingerprint density at radius 3 is 2.63 bits per heavy atom. The first-order chi connectivity index (χ1) is 14.7. The van der Waals surface area contributed by atoms with E-state index >= 15 is 0 Å². The standard InChI is InChI=1S/C24H27N5O/c25-15-17-5-8-22(21-4-2-1-3-20(17)21)29-18-6-7-19(29)14-24(30,13-18)16-26-10-9-23-27-11-12-28-23/h1-5,8,11-12,18-19,26,30H,6-7,9-10,13-14,16H2,(H,27,28). The van der Waals surface area contributed by atoms with Crippen molar-refractivity contribution < 1.29 is 5.11 Å². The van der Waals surface area contributed by atoms with Gasteiger partial charge < -0.3 is 20.3 Å².